The van der Waals surface area contributed by atoms with Crippen LogP contribution >= 0.6 is 0 Å². The maximum atomic E-state index is 9.87. The predicted molar refractivity (Wildman–Crippen MR) is 110 cm³/mol. The summed E-state index contributed by atoms with van der Waals surface area (Å²) < 4.78 is 0. The Morgan fingerprint density at radius 2 is 1.59 bits per heavy atom. The minimum Gasteiger partial charge on any atom is -0.390 e. The number of nitrogens with zero attached hydrogens (tertiary/aromatic N) is 4. The molecule has 27 heavy (non-hydrogen) atoms. The van der Waals surface area contributed by atoms with Crippen LogP contribution in [0.2, 0.25) is 0 Å². The molecule has 1 fully saturated rings. The van der Waals surface area contributed by atoms with Crippen LogP contribution in [0.3, 0.4) is 0 Å². The van der Waals surface area contributed by atoms with Crippen molar-refractivity contribution in [2.24, 2.45) is 0 Å². The van der Waals surface area contributed by atoms with E-state index in [4.69, 9.17) is 0 Å². The zero-order chi connectivity index (χ0) is 19.4. The summed E-state index contributed by atoms with van der Waals surface area (Å²) in [6.45, 7) is 13.0. The fourth-order valence-corrected chi connectivity index (χ4v) is 3.48. The molecule has 1 aliphatic heterocycles. The number of hydrogen-bond acceptors (Lipinski definition) is 5. The number of anilines is 1. The second-order valence-corrected chi connectivity index (χ2v) is 8.30. The van der Waals surface area contributed by atoms with Crippen molar-refractivity contribution in [3.05, 3.63) is 53.0 Å². The molecule has 2 heterocycles. The van der Waals surface area contributed by atoms with Crippen LogP contribution in [0.1, 0.15) is 42.7 Å². The molecule has 0 amide bonds. The van der Waals surface area contributed by atoms with Gasteiger partial charge in [0.05, 0.1) is 5.60 Å². The van der Waals surface area contributed by atoms with Gasteiger partial charge in [-0.25, -0.2) is 9.97 Å². The Bertz CT molecular complexity index is 744. The van der Waals surface area contributed by atoms with E-state index in [1.54, 1.807) is 6.33 Å². The van der Waals surface area contributed by atoms with Crippen LogP contribution < -0.4 is 4.90 Å². The molecule has 0 spiro atoms. The lowest BCUT2D eigenvalue weighted by Gasteiger charge is -2.36. The molecule has 0 unspecified atom stereocenters. The fourth-order valence-electron chi connectivity index (χ4n) is 3.48. The van der Waals surface area contributed by atoms with Crippen molar-refractivity contribution in [2.45, 2.75) is 52.7 Å². The molecule has 5 heteroatoms. The molecular weight excluding hydrogens is 336 g/mol. The van der Waals surface area contributed by atoms with E-state index in [2.05, 4.69) is 51.0 Å². The Morgan fingerprint density at radius 1 is 0.963 bits per heavy atom. The third-order valence-corrected chi connectivity index (χ3v) is 5.44. The van der Waals surface area contributed by atoms with Crippen molar-refractivity contribution >= 4 is 5.82 Å². The van der Waals surface area contributed by atoms with E-state index in [0.717, 1.165) is 57.1 Å². The zero-order valence-corrected chi connectivity index (χ0v) is 17.1. The van der Waals surface area contributed by atoms with Crippen LogP contribution in [0.15, 0.2) is 30.6 Å². The van der Waals surface area contributed by atoms with Gasteiger partial charge in [0.2, 0.25) is 0 Å². The maximum Gasteiger partial charge on any atom is 0.135 e. The Hall–Kier alpha value is -1.98. The van der Waals surface area contributed by atoms with Gasteiger partial charge in [0.15, 0.2) is 0 Å². The number of piperazine rings is 1. The van der Waals surface area contributed by atoms with Crippen LogP contribution in [0.25, 0.3) is 0 Å². The molecule has 0 atom stereocenters. The Balaban J connectivity index is 1.51. The van der Waals surface area contributed by atoms with E-state index in [1.165, 1.54) is 16.7 Å². The van der Waals surface area contributed by atoms with Crippen LogP contribution in [0, 0.1) is 13.8 Å². The first-order chi connectivity index (χ1) is 12.8. The molecule has 0 aliphatic carbocycles. The van der Waals surface area contributed by atoms with Crippen molar-refractivity contribution in [3.8, 4) is 0 Å². The monoisotopic (exact) mass is 368 g/mol. The summed E-state index contributed by atoms with van der Waals surface area (Å²) in [5, 5.41) is 9.87. The third-order valence-electron chi connectivity index (χ3n) is 5.44. The third kappa shape index (κ3) is 5.50. The average molecular weight is 369 g/mol. The standard InChI is InChI=1S/C22H32N4O/c1-17-18(2)23-16-24-21(17)26-13-11-25(12-14-26)15-20-7-5-19(6-8-20)9-10-22(3,4)27/h5-8,16,27H,9-15H2,1-4H3. The highest BCUT2D eigenvalue weighted by Gasteiger charge is 2.20. The van der Waals surface area contributed by atoms with Gasteiger partial charge < -0.3 is 10.0 Å². The Labute approximate surface area is 163 Å². The van der Waals surface area contributed by atoms with Crippen LogP contribution in [-0.2, 0) is 13.0 Å². The average Bonchev–Trinajstić information content (AvgIpc) is 2.64. The summed E-state index contributed by atoms with van der Waals surface area (Å²) in [4.78, 5) is 13.7. The first kappa shape index (κ1) is 19.8. The summed E-state index contributed by atoms with van der Waals surface area (Å²) in [6.07, 6.45) is 3.37. The molecule has 1 aromatic heterocycles. The van der Waals surface area contributed by atoms with E-state index >= 15 is 0 Å². The minimum absolute atomic E-state index is 0.598. The van der Waals surface area contributed by atoms with E-state index in [9.17, 15) is 5.11 Å². The number of rotatable bonds is 6. The van der Waals surface area contributed by atoms with E-state index < -0.39 is 5.60 Å². The van der Waals surface area contributed by atoms with E-state index in [0.29, 0.717) is 0 Å². The Kier molecular flexibility index (Phi) is 6.12. The van der Waals surface area contributed by atoms with Gasteiger partial charge in [-0.05, 0) is 51.7 Å². The number of aromatic nitrogens is 2. The van der Waals surface area contributed by atoms with Crippen molar-refractivity contribution < 1.29 is 5.11 Å². The molecule has 0 bridgehead atoms. The van der Waals surface area contributed by atoms with Gasteiger partial charge >= 0.3 is 0 Å². The summed E-state index contributed by atoms with van der Waals surface area (Å²) in [7, 11) is 0. The summed E-state index contributed by atoms with van der Waals surface area (Å²) in [6, 6.07) is 8.85. The smallest absolute Gasteiger partial charge is 0.135 e. The number of aryl methyl sites for hydroxylation is 2. The van der Waals surface area contributed by atoms with Gasteiger partial charge in [0.1, 0.15) is 12.1 Å². The summed E-state index contributed by atoms with van der Waals surface area (Å²) in [5.41, 5.74) is 4.29. The molecule has 1 aliphatic rings. The van der Waals surface area contributed by atoms with Crippen molar-refractivity contribution in [1.82, 2.24) is 14.9 Å². The molecule has 0 radical (unpaired) electrons. The molecule has 2 aromatic rings. The summed E-state index contributed by atoms with van der Waals surface area (Å²) in [5.74, 6) is 1.08. The fraction of sp³-hybridized carbons (Fsp3) is 0.545. The normalized spacial score (nSPS) is 16.0. The van der Waals surface area contributed by atoms with E-state index in [1.807, 2.05) is 20.8 Å². The Morgan fingerprint density at radius 3 is 2.22 bits per heavy atom. The first-order valence-electron chi connectivity index (χ1n) is 9.87. The van der Waals surface area contributed by atoms with Crippen LogP contribution in [-0.4, -0.2) is 51.8 Å². The van der Waals surface area contributed by atoms with Gasteiger partial charge in [-0.15, -0.1) is 0 Å². The largest absolute Gasteiger partial charge is 0.390 e. The zero-order valence-electron chi connectivity index (χ0n) is 17.1. The second kappa shape index (κ2) is 8.36. The van der Waals surface area contributed by atoms with Gasteiger partial charge in [-0.2, -0.15) is 0 Å². The minimum atomic E-state index is -0.598. The van der Waals surface area contributed by atoms with Gasteiger partial charge in [-0.1, -0.05) is 24.3 Å². The van der Waals surface area contributed by atoms with Gasteiger partial charge in [0.25, 0.3) is 0 Å². The van der Waals surface area contributed by atoms with Gasteiger partial charge in [-0.3, -0.25) is 4.90 Å². The lowest BCUT2D eigenvalue weighted by Crippen LogP contribution is -2.46. The lowest BCUT2D eigenvalue weighted by atomic mass is 9.98. The lowest BCUT2D eigenvalue weighted by molar-refractivity contribution is 0.0714. The SMILES string of the molecule is Cc1ncnc(N2CCN(Cc3ccc(CCC(C)(C)O)cc3)CC2)c1C. The molecule has 3 rings (SSSR count). The molecule has 1 N–H and O–H groups in total. The molecular formula is C22H32N4O. The number of benzene rings is 1. The topological polar surface area (TPSA) is 52.5 Å². The van der Waals surface area contributed by atoms with E-state index in [-0.39, 0.29) is 0 Å². The highest BCUT2D eigenvalue weighted by Crippen LogP contribution is 2.20. The predicted octanol–water partition coefficient (Wildman–Crippen LogP) is 3.12. The molecule has 1 aromatic carbocycles. The van der Waals surface area contributed by atoms with Crippen molar-refractivity contribution in [1.29, 1.82) is 0 Å². The van der Waals surface area contributed by atoms with Gasteiger partial charge in [0, 0.05) is 44.0 Å². The molecule has 5 nitrogen and oxygen atoms in total. The van der Waals surface area contributed by atoms with Crippen molar-refractivity contribution in [2.75, 3.05) is 31.1 Å². The highest BCUT2D eigenvalue weighted by atomic mass is 16.3. The highest BCUT2D eigenvalue weighted by molar-refractivity contribution is 5.47. The maximum absolute atomic E-state index is 9.87. The molecule has 0 saturated carbocycles. The van der Waals surface area contributed by atoms with Crippen LogP contribution in [0.5, 0.6) is 0 Å². The quantitative estimate of drug-likeness (QED) is 0.849. The second-order valence-electron chi connectivity index (χ2n) is 8.30. The summed E-state index contributed by atoms with van der Waals surface area (Å²) >= 11 is 0. The first-order valence-corrected chi connectivity index (χ1v) is 9.87. The number of aliphatic hydroxyl groups is 1. The molecule has 146 valence electrons. The number of hydrogen-bond donors (Lipinski definition) is 1. The van der Waals surface area contributed by atoms with Crippen molar-refractivity contribution in [3.63, 3.8) is 0 Å². The van der Waals surface area contributed by atoms with Crippen LogP contribution in [0.4, 0.5) is 5.82 Å². The molecule has 1 saturated heterocycles.